The summed E-state index contributed by atoms with van der Waals surface area (Å²) in [7, 11) is 0. The number of hydrogen-bond acceptors (Lipinski definition) is 7. The molecule has 3 aromatic heterocycles. The van der Waals surface area contributed by atoms with E-state index in [1.807, 2.05) is 0 Å². The quantitative estimate of drug-likeness (QED) is 0.511. The van der Waals surface area contributed by atoms with E-state index >= 15 is 0 Å². The molecule has 3 aromatic rings. The molecule has 0 spiro atoms. The lowest BCUT2D eigenvalue weighted by molar-refractivity contribution is -0.228. The number of anilines is 1. The second kappa shape index (κ2) is 8.55. The van der Waals surface area contributed by atoms with Crippen LogP contribution in [0.1, 0.15) is 18.2 Å². The summed E-state index contributed by atoms with van der Waals surface area (Å²) in [6.45, 7) is 3.35. The summed E-state index contributed by atoms with van der Waals surface area (Å²) in [5, 5.41) is 8.61. The number of ether oxygens (including phenoxy) is 1. The molecule has 0 N–H and O–H groups in total. The van der Waals surface area contributed by atoms with E-state index in [9.17, 15) is 18.0 Å². The molecule has 0 aliphatic carbocycles. The van der Waals surface area contributed by atoms with Crippen molar-refractivity contribution in [3.63, 3.8) is 0 Å². The predicted molar refractivity (Wildman–Crippen MR) is 110 cm³/mol. The van der Waals surface area contributed by atoms with Crippen LogP contribution in [0.4, 0.5) is 18.9 Å². The van der Waals surface area contributed by atoms with Gasteiger partial charge in [-0.3, -0.25) is 4.79 Å². The Morgan fingerprint density at radius 2 is 2.06 bits per heavy atom. The minimum absolute atomic E-state index is 0.126. The highest BCUT2D eigenvalue weighted by Gasteiger charge is 2.41. The van der Waals surface area contributed by atoms with E-state index < -0.39 is 18.4 Å². The summed E-state index contributed by atoms with van der Waals surface area (Å²) in [6, 6.07) is 4.77. The van der Waals surface area contributed by atoms with Crippen LogP contribution < -0.4 is 10.5 Å². The van der Waals surface area contributed by atoms with Crippen LogP contribution in [0.25, 0.3) is 11.3 Å². The van der Waals surface area contributed by atoms with E-state index in [0.29, 0.717) is 33.4 Å². The molecule has 0 amide bonds. The van der Waals surface area contributed by atoms with E-state index in [1.165, 1.54) is 16.9 Å². The molecular weight excluding hydrogens is 451 g/mol. The normalized spacial score (nSPS) is 15.6. The van der Waals surface area contributed by atoms with Gasteiger partial charge in [0.05, 0.1) is 24.5 Å². The van der Waals surface area contributed by atoms with Gasteiger partial charge in [-0.25, -0.2) is 9.67 Å². The molecule has 0 radical (unpaired) electrons. The summed E-state index contributed by atoms with van der Waals surface area (Å²) in [5.74, 6) is 0.536. The zero-order valence-corrected chi connectivity index (χ0v) is 17.9. The van der Waals surface area contributed by atoms with Gasteiger partial charge in [-0.1, -0.05) is 16.8 Å². The maximum atomic E-state index is 12.6. The number of pyridine rings is 1. The maximum Gasteiger partial charge on any atom is 0.414 e. The molecule has 0 bridgehead atoms. The Labute approximate surface area is 185 Å². The number of aryl methyl sites for hydroxylation is 1. The number of halogens is 4. The zero-order valence-electron chi connectivity index (χ0n) is 17.1. The fraction of sp³-hybridized carbons (Fsp3) is 0.400. The van der Waals surface area contributed by atoms with E-state index in [-0.39, 0.29) is 25.2 Å². The molecule has 1 aliphatic rings. The van der Waals surface area contributed by atoms with Crippen molar-refractivity contribution in [2.75, 3.05) is 18.0 Å². The van der Waals surface area contributed by atoms with Gasteiger partial charge in [0.15, 0.2) is 6.10 Å². The third-order valence-corrected chi connectivity index (χ3v) is 5.44. The second-order valence-corrected chi connectivity index (χ2v) is 7.88. The SMILES string of the molecule is Cc1onc(-c2ccc(Cl)nc2)c1Cn1ncc(N2CC(O[C@@H](C)C(F)(F)F)C2)cc1=O. The molecule has 0 saturated carbocycles. The topological polar surface area (TPSA) is 86.3 Å². The first kappa shape index (κ1) is 22.3. The molecule has 4 heterocycles. The fourth-order valence-corrected chi connectivity index (χ4v) is 3.40. The highest BCUT2D eigenvalue weighted by molar-refractivity contribution is 6.29. The third kappa shape index (κ3) is 4.63. The van der Waals surface area contributed by atoms with Crippen molar-refractivity contribution in [2.45, 2.75) is 38.8 Å². The Hall–Kier alpha value is -2.92. The van der Waals surface area contributed by atoms with Crippen LogP contribution >= 0.6 is 11.6 Å². The molecule has 12 heteroatoms. The van der Waals surface area contributed by atoms with Crippen LogP contribution in [0.3, 0.4) is 0 Å². The average molecular weight is 470 g/mol. The molecule has 170 valence electrons. The Morgan fingerprint density at radius 3 is 2.69 bits per heavy atom. The standard InChI is InChI=1S/C20H19ClF3N5O3/c1-11-16(19(27-32-11)13-3-4-17(21)25-6-13)10-29-18(30)5-14(7-26-29)28-8-15(9-28)31-12(2)20(22,23)24/h3-7,12,15H,8-10H2,1-2H3/t12-/m0/s1. The van der Waals surface area contributed by atoms with Crippen molar-refractivity contribution in [3.8, 4) is 11.3 Å². The summed E-state index contributed by atoms with van der Waals surface area (Å²) < 4.78 is 49.4. The van der Waals surface area contributed by atoms with Crippen molar-refractivity contribution in [1.29, 1.82) is 0 Å². The van der Waals surface area contributed by atoms with Gasteiger partial charge in [-0.15, -0.1) is 0 Å². The third-order valence-electron chi connectivity index (χ3n) is 5.22. The zero-order chi connectivity index (χ0) is 23.0. The lowest BCUT2D eigenvalue weighted by Gasteiger charge is -2.41. The van der Waals surface area contributed by atoms with Crippen molar-refractivity contribution in [3.05, 3.63) is 57.4 Å². The first-order chi connectivity index (χ1) is 15.1. The molecule has 1 atom stereocenters. The summed E-state index contributed by atoms with van der Waals surface area (Å²) in [6.07, 6.45) is -3.73. The minimum atomic E-state index is -4.40. The molecule has 8 nitrogen and oxygen atoms in total. The molecule has 1 fully saturated rings. The second-order valence-electron chi connectivity index (χ2n) is 7.49. The lowest BCUT2D eigenvalue weighted by atomic mass is 10.1. The van der Waals surface area contributed by atoms with Crippen LogP contribution in [-0.2, 0) is 11.3 Å². The van der Waals surface area contributed by atoms with Crippen LogP contribution in [0.2, 0.25) is 5.15 Å². The van der Waals surface area contributed by atoms with Gasteiger partial charge in [0.25, 0.3) is 5.56 Å². The van der Waals surface area contributed by atoms with Gasteiger partial charge in [-0.2, -0.15) is 18.3 Å². The number of nitrogens with zero attached hydrogens (tertiary/aromatic N) is 5. The number of rotatable bonds is 6. The summed E-state index contributed by atoms with van der Waals surface area (Å²) in [4.78, 5) is 18.4. The van der Waals surface area contributed by atoms with Gasteiger partial charge in [-0.05, 0) is 26.0 Å². The predicted octanol–water partition coefficient (Wildman–Crippen LogP) is 3.46. The molecule has 0 unspecified atom stereocenters. The number of aromatic nitrogens is 4. The molecule has 4 rings (SSSR count). The van der Waals surface area contributed by atoms with Gasteiger partial charge >= 0.3 is 6.18 Å². The highest BCUT2D eigenvalue weighted by Crippen LogP contribution is 2.28. The van der Waals surface area contributed by atoms with Crippen molar-refractivity contribution < 1.29 is 22.4 Å². The molecule has 1 saturated heterocycles. The summed E-state index contributed by atoms with van der Waals surface area (Å²) >= 11 is 5.83. The monoisotopic (exact) mass is 469 g/mol. The first-order valence-electron chi connectivity index (χ1n) is 9.73. The molecule has 32 heavy (non-hydrogen) atoms. The largest absolute Gasteiger partial charge is 0.414 e. The Morgan fingerprint density at radius 1 is 1.31 bits per heavy atom. The van der Waals surface area contributed by atoms with Gasteiger partial charge < -0.3 is 14.2 Å². The maximum absolute atomic E-state index is 12.6. The van der Waals surface area contributed by atoms with Crippen LogP contribution in [-0.4, -0.2) is 51.4 Å². The highest BCUT2D eigenvalue weighted by atomic mass is 35.5. The van der Waals surface area contributed by atoms with E-state index in [4.69, 9.17) is 20.9 Å². The van der Waals surface area contributed by atoms with E-state index in [1.54, 1.807) is 30.2 Å². The minimum Gasteiger partial charge on any atom is -0.365 e. The molecule has 0 aromatic carbocycles. The van der Waals surface area contributed by atoms with Crippen LogP contribution in [0.15, 0.2) is 39.9 Å². The van der Waals surface area contributed by atoms with Crippen molar-refractivity contribution >= 4 is 17.3 Å². The van der Waals surface area contributed by atoms with Gasteiger partial charge in [0.2, 0.25) is 0 Å². The van der Waals surface area contributed by atoms with E-state index in [0.717, 1.165) is 6.92 Å². The van der Waals surface area contributed by atoms with Gasteiger partial charge in [0.1, 0.15) is 16.6 Å². The molecule has 1 aliphatic heterocycles. The van der Waals surface area contributed by atoms with Crippen molar-refractivity contribution in [1.82, 2.24) is 19.9 Å². The van der Waals surface area contributed by atoms with Gasteiger partial charge in [0, 0.05) is 36.5 Å². The fourth-order valence-electron chi connectivity index (χ4n) is 3.29. The average Bonchev–Trinajstić information content (AvgIpc) is 3.06. The van der Waals surface area contributed by atoms with Crippen LogP contribution in [0.5, 0.6) is 0 Å². The van der Waals surface area contributed by atoms with Crippen LogP contribution in [0, 0.1) is 6.92 Å². The Balaban J connectivity index is 1.45. The smallest absolute Gasteiger partial charge is 0.365 e. The van der Waals surface area contributed by atoms with E-state index in [2.05, 4.69) is 15.2 Å². The number of alkyl halides is 3. The number of hydrogen-bond donors (Lipinski definition) is 0. The lowest BCUT2D eigenvalue weighted by Crippen LogP contribution is -2.55. The first-order valence-corrected chi connectivity index (χ1v) is 10.1. The summed E-state index contributed by atoms with van der Waals surface area (Å²) in [5.41, 5.74) is 2.05. The molecular formula is C20H19ClF3N5O3. The Kier molecular flexibility index (Phi) is 5.95. The Bertz CT molecular complexity index is 1160. The van der Waals surface area contributed by atoms with Crippen molar-refractivity contribution in [2.24, 2.45) is 0 Å².